The Bertz CT molecular complexity index is 64.3. The molecule has 4 heteroatoms. The van der Waals surface area contributed by atoms with E-state index in [0.717, 1.165) is 4.58 Å². The third-order valence-corrected chi connectivity index (χ3v) is 13.6. The van der Waals surface area contributed by atoms with Crippen molar-refractivity contribution in [3.63, 3.8) is 0 Å². The second-order valence-corrected chi connectivity index (χ2v) is 13.6. The van der Waals surface area contributed by atoms with Crippen molar-refractivity contribution < 1.29 is 0 Å². The summed E-state index contributed by atoms with van der Waals surface area (Å²) in [5.41, 5.74) is 0. The van der Waals surface area contributed by atoms with Crippen LogP contribution in [0, 0.1) is 0 Å². The van der Waals surface area contributed by atoms with Gasteiger partial charge < -0.3 is 0 Å². The summed E-state index contributed by atoms with van der Waals surface area (Å²) in [7, 11) is 4.32. The Morgan fingerprint density at radius 2 is 2.50 bits per heavy atom. The van der Waals surface area contributed by atoms with E-state index < -0.39 is 0 Å². The summed E-state index contributed by atoms with van der Waals surface area (Å²) in [5, 5.41) is 0. The molecule has 1 aliphatic heterocycles. The average molecular weight is 274 g/mol. The molecule has 1 unspecified atom stereocenters. The molecule has 1 atom stereocenters. The standard InChI is InChI=1S/C3H6S2.CH4S.Sb/c4-3-1-2-5-3;1-2;/h3-4H,1-2H2;2H,1H3;/q;;+2/p-2. The number of hydrogen-bond donors (Lipinski definition) is 0. The van der Waals surface area contributed by atoms with E-state index in [0.29, 0.717) is 0 Å². The molecule has 0 amide bonds. The van der Waals surface area contributed by atoms with E-state index in [1.807, 2.05) is 0 Å². The van der Waals surface area contributed by atoms with Crippen LogP contribution in [-0.2, 0) is 0 Å². The van der Waals surface area contributed by atoms with Gasteiger partial charge in [-0.25, -0.2) is 0 Å². The van der Waals surface area contributed by atoms with Gasteiger partial charge >= 0.3 is 71.3 Å². The van der Waals surface area contributed by atoms with Crippen LogP contribution in [0.5, 0.6) is 0 Å². The van der Waals surface area contributed by atoms with Gasteiger partial charge in [-0.05, 0) is 0 Å². The van der Waals surface area contributed by atoms with E-state index in [1.165, 1.54) is 12.2 Å². The fraction of sp³-hybridized carbons (Fsp3) is 1.00. The van der Waals surface area contributed by atoms with Crippen LogP contribution in [0.15, 0.2) is 0 Å². The molecule has 0 spiro atoms. The molecule has 1 aliphatic rings. The van der Waals surface area contributed by atoms with Gasteiger partial charge in [0.2, 0.25) is 0 Å². The van der Waals surface area contributed by atoms with Crippen molar-refractivity contribution in [2.45, 2.75) is 11.0 Å². The molecular formula is C4H8S3Sb. The first-order valence-corrected chi connectivity index (χ1v) is 11.8. The monoisotopic (exact) mass is 273 g/mol. The molecule has 0 N–H and O–H groups in total. The van der Waals surface area contributed by atoms with Crippen LogP contribution in [0.25, 0.3) is 0 Å². The Labute approximate surface area is 70.7 Å². The summed E-state index contributed by atoms with van der Waals surface area (Å²) >= 11 is 2.28. The quantitative estimate of drug-likeness (QED) is 0.723. The minimum atomic E-state index is 0.143. The Hall–Kier alpha value is 1.87. The summed E-state index contributed by atoms with van der Waals surface area (Å²) in [6, 6.07) is 0. The second kappa shape index (κ2) is 4.65. The van der Waals surface area contributed by atoms with Crippen LogP contribution in [0.4, 0.5) is 0 Å². The minimum absolute atomic E-state index is 0.143. The van der Waals surface area contributed by atoms with Gasteiger partial charge in [0.1, 0.15) is 0 Å². The van der Waals surface area contributed by atoms with Gasteiger partial charge in [0, 0.05) is 0 Å². The maximum absolute atomic E-state index is 2.24. The Kier molecular flexibility index (Phi) is 4.63. The van der Waals surface area contributed by atoms with Crippen molar-refractivity contribution in [1.82, 2.24) is 0 Å². The predicted molar refractivity (Wildman–Crippen MR) is 47.7 cm³/mol. The van der Waals surface area contributed by atoms with Gasteiger partial charge in [-0.1, -0.05) is 0 Å². The van der Waals surface area contributed by atoms with E-state index in [-0.39, 0.29) is 18.8 Å². The maximum atomic E-state index is 2.24. The Morgan fingerprint density at radius 3 is 2.88 bits per heavy atom. The molecule has 1 fully saturated rings. The zero-order chi connectivity index (χ0) is 5.82. The molecular weight excluding hydrogens is 266 g/mol. The van der Waals surface area contributed by atoms with Gasteiger partial charge in [-0.3, -0.25) is 0 Å². The molecule has 0 aromatic heterocycles. The van der Waals surface area contributed by atoms with E-state index in [2.05, 4.69) is 35.7 Å². The van der Waals surface area contributed by atoms with E-state index in [4.69, 9.17) is 0 Å². The van der Waals surface area contributed by atoms with E-state index in [9.17, 15) is 0 Å². The predicted octanol–water partition coefficient (Wildman–Crippen LogP) is 2.08. The van der Waals surface area contributed by atoms with Crippen molar-refractivity contribution in [3.8, 4) is 0 Å². The molecule has 1 saturated heterocycles. The van der Waals surface area contributed by atoms with Gasteiger partial charge in [0.05, 0.1) is 0 Å². The van der Waals surface area contributed by atoms with Crippen molar-refractivity contribution >= 4 is 48.3 Å². The first-order chi connectivity index (χ1) is 3.93. The first-order valence-electron chi connectivity index (χ1n) is 2.44. The van der Waals surface area contributed by atoms with Crippen LogP contribution >= 0.6 is 29.5 Å². The molecule has 1 heterocycles. The van der Waals surface area contributed by atoms with Gasteiger partial charge in [-0.2, -0.15) is 0 Å². The van der Waals surface area contributed by atoms with Crippen LogP contribution < -0.4 is 0 Å². The molecule has 0 bridgehead atoms. The van der Waals surface area contributed by atoms with Crippen molar-refractivity contribution in [3.05, 3.63) is 0 Å². The molecule has 0 aromatic rings. The normalized spacial score (nSPS) is 27.4. The molecule has 47 valence electrons. The van der Waals surface area contributed by atoms with E-state index in [1.54, 1.807) is 0 Å². The molecule has 0 saturated carbocycles. The van der Waals surface area contributed by atoms with E-state index >= 15 is 0 Å². The summed E-state index contributed by atoms with van der Waals surface area (Å²) in [6.45, 7) is 0. The van der Waals surface area contributed by atoms with Gasteiger partial charge in [-0.15, -0.1) is 0 Å². The number of thioether (sulfide) groups is 1. The molecule has 8 heavy (non-hydrogen) atoms. The van der Waals surface area contributed by atoms with Crippen molar-refractivity contribution in [1.29, 1.82) is 0 Å². The molecule has 0 nitrogen and oxygen atoms in total. The molecule has 1 radical (unpaired) electrons. The summed E-state index contributed by atoms with van der Waals surface area (Å²) in [6.07, 6.45) is 3.71. The number of rotatable bonds is 3. The Morgan fingerprint density at radius 1 is 1.75 bits per heavy atom. The SMILES string of the molecule is C[S][Sb][S]C1CCS1. The van der Waals surface area contributed by atoms with Crippen LogP contribution in [0.2, 0.25) is 0 Å². The van der Waals surface area contributed by atoms with Crippen LogP contribution in [-0.4, -0.2) is 35.4 Å². The van der Waals surface area contributed by atoms with Crippen LogP contribution in [0.1, 0.15) is 6.42 Å². The summed E-state index contributed by atoms with van der Waals surface area (Å²) < 4.78 is 1.01. The zero-order valence-corrected chi connectivity index (χ0v) is 9.67. The third kappa shape index (κ3) is 2.64. The van der Waals surface area contributed by atoms with Gasteiger partial charge in [0.15, 0.2) is 0 Å². The zero-order valence-electron chi connectivity index (χ0n) is 4.66. The summed E-state index contributed by atoms with van der Waals surface area (Å²) in [5.74, 6) is 1.42. The van der Waals surface area contributed by atoms with Crippen molar-refractivity contribution in [2.75, 3.05) is 12.0 Å². The molecule has 0 aliphatic carbocycles. The third-order valence-electron chi connectivity index (χ3n) is 0.892. The summed E-state index contributed by atoms with van der Waals surface area (Å²) in [4.78, 5) is 0. The first kappa shape index (κ1) is 7.97. The fourth-order valence-electron chi connectivity index (χ4n) is 0.388. The number of hydrogen-bond acceptors (Lipinski definition) is 3. The van der Waals surface area contributed by atoms with Crippen LogP contribution in [0.3, 0.4) is 0 Å². The molecule has 0 aromatic carbocycles. The second-order valence-electron chi connectivity index (χ2n) is 1.45. The fourth-order valence-corrected chi connectivity index (χ4v) is 11.7. The molecule has 1 rings (SSSR count). The van der Waals surface area contributed by atoms with Crippen molar-refractivity contribution in [2.24, 2.45) is 0 Å². The Balaban J connectivity index is 1.86. The topological polar surface area (TPSA) is 0 Å². The average Bonchev–Trinajstić information content (AvgIpc) is 1.63. The van der Waals surface area contributed by atoms with Gasteiger partial charge in [0.25, 0.3) is 0 Å².